The molecule has 0 bridgehead atoms. The van der Waals surface area contributed by atoms with Crippen molar-refractivity contribution < 1.29 is 24.5 Å². The minimum Gasteiger partial charge on any atom is -0.501 e. The molecule has 0 aromatic carbocycles. The molecule has 92 valence electrons. The number of esters is 1. The summed E-state index contributed by atoms with van der Waals surface area (Å²) in [5.41, 5.74) is 0. The van der Waals surface area contributed by atoms with Gasteiger partial charge in [0.05, 0.1) is 25.4 Å². The zero-order valence-electron chi connectivity index (χ0n) is 9.55. The first-order chi connectivity index (χ1) is 7.52. The Bertz CT molecular complexity index is 272. The van der Waals surface area contributed by atoms with Crippen molar-refractivity contribution in [1.29, 1.82) is 0 Å². The standard InChI is InChI=1S/C11H18O5/c1-7(12)3-4-9(13)10-5-8(15-2)6-11(14)16-10/h6-7,9-10,12-13H,3-5H2,1-2H3/t7?,9-,10-/m0/s1. The van der Waals surface area contributed by atoms with Crippen LogP contribution in [0.2, 0.25) is 0 Å². The predicted octanol–water partition coefficient (Wildman–Crippen LogP) is 0.354. The Hall–Kier alpha value is -1.07. The second-order valence-electron chi connectivity index (χ2n) is 3.99. The van der Waals surface area contributed by atoms with Crippen LogP contribution in [0.15, 0.2) is 11.8 Å². The quantitative estimate of drug-likeness (QED) is 0.667. The maximum atomic E-state index is 11.1. The molecule has 1 unspecified atom stereocenters. The van der Waals surface area contributed by atoms with Crippen LogP contribution in [-0.2, 0) is 14.3 Å². The maximum absolute atomic E-state index is 11.1. The van der Waals surface area contributed by atoms with Gasteiger partial charge in [-0.1, -0.05) is 0 Å². The molecule has 0 spiro atoms. The molecule has 1 rings (SSSR count). The largest absolute Gasteiger partial charge is 0.501 e. The number of aliphatic hydroxyl groups is 2. The van der Waals surface area contributed by atoms with Crippen LogP contribution in [0.1, 0.15) is 26.2 Å². The lowest BCUT2D eigenvalue weighted by atomic mass is 10.0. The third kappa shape index (κ3) is 3.83. The summed E-state index contributed by atoms with van der Waals surface area (Å²) in [6.45, 7) is 1.65. The van der Waals surface area contributed by atoms with Gasteiger partial charge in [-0.2, -0.15) is 0 Å². The smallest absolute Gasteiger partial charge is 0.334 e. The van der Waals surface area contributed by atoms with Crippen molar-refractivity contribution >= 4 is 5.97 Å². The van der Waals surface area contributed by atoms with E-state index < -0.39 is 24.3 Å². The van der Waals surface area contributed by atoms with Crippen LogP contribution >= 0.6 is 0 Å². The van der Waals surface area contributed by atoms with E-state index in [1.165, 1.54) is 13.2 Å². The summed E-state index contributed by atoms with van der Waals surface area (Å²) >= 11 is 0. The lowest BCUT2D eigenvalue weighted by molar-refractivity contribution is -0.152. The normalized spacial score (nSPS) is 24.4. The Kier molecular flexibility index (Phi) is 4.76. The van der Waals surface area contributed by atoms with Crippen LogP contribution < -0.4 is 0 Å². The number of carbonyl (C=O) groups is 1. The second-order valence-corrected chi connectivity index (χ2v) is 3.99. The molecule has 1 aliphatic heterocycles. The van der Waals surface area contributed by atoms with E-state index in [1.54, 1.807) is 6.92 Å². The summed E-state index contributed by atoms with van der Waals surface area (Å²) in [4.78, 5) is 11.1. The molecule has 0 saturated heterocycles. The first-order valence-electron chi connectivity index (χ1n) is 5.34. The average molecular weight is 230 g/mol. The fourth-order valence-corrected chi connectivity index (χ4v) is 1.57. The zero-order chi connectivity index (χ0) is 12.1. The van der Waals surface area contributed by atoms with Gasteiger partial charge in [0.15, 0.2) is 0 Å². The number of ether oxygens (including phenoxy) is 2. The molecule has 16 heavy (non-hydrogen) atoms. The number of hydrogen-bond acceptors (Lipinski definition) is 5. The van der Waals surface area contributed by atoms with Crippen molar-refractivity contribution in [3.8, 4) is 0 Å². The SMILES string of the molecule is COC1=CC(=O)O[C@H]([C@@H](O)CCC(C)O)C1. The third-order valence-electron chi connectivity index (χ3n) is 2.52. The molecule has 3 atom stereocenters. The van der Waals surface area contributed by atoms with Gasteiger partial charge in [-0.3, -0.25) is 0 Å². The number of cyclic esters (lactones) is 1. The molecule has 5 heteroatoms. The Morgan fingerprint density at radius 1 is 1.56 bits per heavy atom. The first kappa shape index (κ1) is 13.0. The Labute approximate surface area is 94.7 Å². The van der Waals surface area contributed by atoms with Crippen molar-refractivity contribution in [3.05, 3.63) is 11.8 Å². The van der Waals surface area contributed by atoms with E-state index in [0.29, 0.717) is 25.0 Å². The number of rotatable bonds is 5. The minimum absolute atomic E-state index is 0.378. The molecule has 0 aromatic rings. The van der Waals surface area contributed by atoms with Crippen molar-refractivity contribution in [3.63, 3.8) is 0 Å². The summed E-state index contributed by atoms with van der Waals surface area (Å²) in [5, 5.41) is 18.9. The number of aliphatic hydroxyl groups excluding tert-OH is 2. The maximum Gasteiger partial charge on any atom is 0.334 e. The summed E-state index contributed by atoms with van der Waals surface area (Å²) in [6.07, 6.45) is 0.713. The Morgan fingerprint density at radius 3 is 2.81 bits per heavy atom. The van der Waals surface area contributed by atoms with Crippen LogP contribution in [-0.4, -0.2) is 41.6 Å². The number of hydrogen-bond donors (Lipinski definition) is 2. The van der Waals surface area contributed by atoms with Crippen molar-refractivity contribution in [2.24, 2.45) is 0 Å². The predicted molar refractivity (Wildman–Crippen MR) is 56.5 cm³/mol. The van der Waals surface area contributed by atoms with Gasteiger partial charge in [-0.15, -0.1) is 0 Å². The van der Waals surface area contributed by atoms with E-state index in [-0.39, 0.29) is 0 Å². The van der Waals surface area contributed by atoms with Crippen LogP contribution in [0.3, 0.4) is 0 Å². The summed E-state index contributed by atoms with van der Waals surface area (Å²) in [6, 6.07) is 0. The highest BCUT2D eigenvalue weighted by Crippen LogP contribution is 2.21. The van der Waals surface area contributed by atoms with Gasteiger partial charge in [-0.05, 0) is 19.8 Å². The number of carbonyl (C=O) groups excluding carboxylic acids is 1. The summed E-state index contributed by atoms with van der Waals surface area (Å²) < 4.78 is 9.95. The van der Waals surface area contributed by atoms with Crippen LogP contribution in [0, 0.1) is 0 Å². The fraction of sp³-hybridized carbons (Fsp3) is 0.727. The van der Waals surface area contributed by atoms with Gasteiger partial charge in [0.1, 0.15) is 11.9 Å². The van der Waals surface area contributed by atoms with Crippen molar-refractivity contribution in [2.45, 2.75) is 44.5 Å². The Balaban J connectivity index is 2.48. The Morgan fingerprint density at radius 2 is 2.25 bits per heavy atom. The van der Waals surface area contributed by atoms with Gasteiger partial charge in [0, 0.05) is 6.42 Å². The van der Waals surface area contributed by atoms with Gasteiger partial charge >= 0.3 is 5.97 Å². The highest BCUT2D eigenvalue weighted by atomic mass is 16.6. The van der Waals surface area contributed by atoms with Crippen molar-refractivity contribution in [2.75, 3.05) is 7.11 Å². The third-order valence-corrected chi connectivity index (χ3v) is 2.52. The van der Waals surface area contributed by atoms with E-state index in [0.717, 1.165) is 0 Å². The van der Waals surface area contributed by atoms with E-state index in [1.807, 2.05) is 0 Å². The topological polar surface area (TPSA) is 76.0 Å². The van der Waals surface area contributed by atoms with Crippen LogP contribution in [0.4, 0.5) is 0 Å². The lowest BCUT2D eigenvalue weighted by Crippen LogP contribution is -2.34. The average Bonchev–Trinajstić information content (AvgIpc) is 2.24. The molecule has 0 radical (unpaired) electrons. The van der Waals surface area contributed by atoms with Gasteiger partial charge in [0.25, 0.3) is 0 Å². The van der Waals surface area contributed by atoms with E-state index >= 15 is 0 Å². The molecular formula is C11H18O5. The molecule has 0 saturated carbocycles. The monoisotopic (exact) mass is 230 g/mol. The van der Waals surface area contributed by atoms with E-state index in [4.69, 9.17) is 14.6 Å². The highest BCUT2D eigenvalue weighted by Gasteiger charge is 2.28. The molecule has 1 aliphatic rings. The molecule has 0 aromatic heterocycles. The van der Waals surface area contributed by atoms with E-state index in [2.05, 4.69) is 0 Å². The molecular weight excluding hydrogens is 212 g/mol. The molecule has 0 amide bonds. The molecule has 5 nitrogen and oxygen atoms in total. The lowest BCUT2D eigenvalue weighted by Gasteiger charge is -2.26. The van der Waals surface area contributed by atoms with Gasteiger partial charge in [-0.25, -0.2) is 4.79 Å². The molecule has 0 aliphatic carbocycles. The highest BCUT2D eigenvalue weighted by molar-refractivity contribution is 5.83. The minimum atomic E-state index is -0.766. The number of methoxy groups -OCH3 is 1. The first-order valence-corrected chi connectivity index (χ1v) is 5.34. The fourth-order valence-electron chi connectivity index (χ4n) is 1.57. The van der Waals surface area contributed by atoms with E-state index in [9.17, 15) is 9.90 Å². The zero-order valence-corrected chi connectivity index (χ0v) is 9.55. The van der Waals surface area contributed by atoms with Crippen molar-refractivity contribution in [1.82, 2.24) is 0 Å². The summed E-state index contributed by atoms with van der Waals surface area (Å²) in [7, 11) is 1.48. The van der Waals surface area contributed by atoms with Gasteiger partial charge < -0.3 is 19.7 Å². The van der Waals surface area contributed by atoms with Gasteiger partial charge in [0.2, 0.25) is 0 Å². The van der Waals surface area contributed by atoms with Crippen LogP contribution in [0.5, 0.6) is 0 Å². The molecule has 1 heterocycles. The molecule has 0 fully saturated rings. The summed E-state index contributed by atoms with van der Waals surface area (Å²) in [5.74, 6) is 0.0153. The van der Waals surface area contributed by atoms with Crippen LogP contribution in [0.25, 0.3) is 0 Å². The second kappa shape index (κ2) is 5.86. The molecule has 2 N–H and O–H groups in total.